The zero-order valence-electron chi connectivity index (χ0n) is 14.0. The summed E-state index contributed by atoms with van der Waals surface area (Å²) in [5.74, 6) is 0.164. The summed E-state index contributed by atoms with van der Waals surface area (Å²) >= 11 is 0. The molecule has 0 spiro atoms. The van der Waals surface area contributed by atoms with Crippen LogP contribution in [0.5, 0.6) is 0 Å². The fourth-order valence-corrected chi connectivity index (χ4v) is 2.39. The lowest BCUT2D eigenvalue weighted by atomic mass is 9.99. The summed E-state index contributed by atoms with van der Waals surface area (Å²) in [5.41, 5.74) is -0.940. The van der Waals surface area contributed by atoms with Crippen molar-refractivity contribution in [3.8, 4) is 0 Å². The molecule has 3 nitrogen and oxygen atoms in total. The average Bonchev–Trinajstić information content (AvgIpc) is 2.66. The first-order valence-corrected chi connectivity index (χ1v) is 7.84. The Labute approximate surface area is 155 Å². The Balaban J connectivity index is 2.07. The predicted molar refractivity (Wildman–Crippen MR) is 90.2 cm³/mol. The fourth-order valence-electron chi connectivity index (χ4n) is 2.39. The van der Waals surface area contributed by atoms with Crippen LogP contribution in [0.25, 0.3) is 0 Å². The first-order valence-electron chi connectivity index (χ1n) is 7.84. The molecule has 9 heteroatoms. The van der Waals surface area contributed by atoms with Crippen LogP contribution >= 0.6 is 0 Å². The van der Waals surface area contributed by atoms with Crippen LogP contribution in [-0.4, -0.2) is 15.7 Å². The van der Waals surface area contributed by atoms with Gasteiger partial charge in [-0.2, -0.15) is 26.3 Å². The number of hydrogen-bond acceptors (Lipinski definition) is 3. The molecule has 2 aromatic carbocycles. The SMILES string of the molecule is FC(F)(F)c1ccc(C(=Nc2cnccn2)c2ccc(C(F)(F)F)cc2)cc1. The first-order chi connectivity index (χ1) is 13.1. The van der Waals surface area contributed by atoms with Crippen molar-refractivity contribution in [2.45, 2.75) is 12.4 Å². The lowest BCUT2D eigenvalue weighted by molar-refractivity contribution is -0.138. The van der Waals surface area contributed by atoms with Gasteiger partial charge >= 0.3 is 12.4 Å². The van der Waals surface area contributed by atoms with Gasteiger partial charge in [-0.05, 0) is 24.3 Å². The molecule has 28 heavy (non-hydrogen) atoms. The smallest absolute Gasteiger partial charge is 0.259 e. The lowest BCUT2D eigenvalue weighted by Crippen LogP contribution is -2.09. The third kappa shape index (κ3) is 4.54. The highest BCUT2D eigenvalue weighted by Crippen LogP contribution is 2.31. The normalized spacial score (nSPS) is 11.9. The quantitative estimate of drug-likeness (QED) is 0.423. The van der Waals surface area contributed by atoms with E-state index in [-0.39, 0.29) is 11.5 Å². The number of alkyl halides is 6. The van der Waals surface area contributed by atoms with Gasteiger partial charge in [-0.25, -0.2) is 9.98 Å². The second-order valence-electron chi connectivity index (χ2n) is 5.67. The van der Waals surface area contributed by atoms with Gasteiger partial charge in [-0.1, -0.05) is 24.3 Å². The van der Waals surface area contributed by atoms with E-state index in [1.54, 1.807) is 0 Å². The van der Waals surface area contributed by atoms with Crippen molar-refractivity contribution in [3.63, 3.8) is 0 Å². The maximum Gasteiger partial charge on any atom is 0.416 e. The molecule has 0 aliphatic rings. The summed E-state index contributed by atoms with van der Waals surface area (Å²) in [7, 11) is 0. The van der Waals surface area contributed by atoms with Crippen molar-refractivity contribution in [2.75, 3.05) is 0 Å². The molecule has 144 valence electrons. The van der Waals surface area contributed by atoms with Gasteiger partial charge in [0, 0.05) is 23.5 Å². The Bertz CT molecular complexity index is 900. The van der Waals surface area contributed by atoms with E-state index in [4.69, 9.17) is 0 Å². The van der Waals surface area contributed by atoms with Crippen LogP contribution in [0.4, 0.5) is 32.2 Å². The molecule has 3 rings (SSSR count). The van der Waals surface area contributed by atoms with Gasteiger partial charge < -0.3 is 0 Å². The van der Waals surface area contributed by atoms with Crippen LogP contribution in [0, 0.1) is 0 Å². The van der Waals surface area contributed by atoms with Crippen molar-refractivity contribution in [3.05, 3.63) is 89.4 Å². The second kappa shape index (κ2) is 7.41. The number of rotatable bonds is 3. The minimum absolute atomic E-state index is 0.164. The molecule has 0 aliphatic heterocycles. The van der Waals surface area contributed by atoms with Crippen LogP contribution in [0.1, 0.15) is 22.3 Å². The third-order valence-corrected chi connectivity index (χ3v) is 3.75. The van der Waals surface area contributed by atoms with Gasteiger partial charge in [-0.3, -0.25) is 4.98 Å². The zero-order chi connectivity index (χ0) is 20.4. The molecule has 0 bridgehead atoms. The molecule has 1 aromatic heterocycles. The predicted octanol–water partition coefficient (Wildman–Crippen LogP) is 5.68. The topological polar surface area (TPSA) is 38.1 Å². The van der Waals surface area contributed by atoms with E-state index in [9.17, 15) is 26.3 Å². The average molecular weight is 395 g/mol. The van der Waals surface area contributed by atoms with Gasteiger partial charge in [0.25, 0.3) is 0 Å². The summed E-state index contributed by atoms with van der Waals surface area (Å²) in [5, 5.41) is 0. The van der Waals surface area contributed by atoms with Crippen molar-refractivity contribution < 1.29 is 26.3 Å². The van der Waals surface area contributed by atoms with Gasteiger partial charge in [0.2, 0.25) is 0 Å². The Morgan fingerprint density at radius 1 is 0.679 bits per heavy atom. The maximum atomic E-state index is 12.8. The molecule has 0 saturated heterocycles. The second-order valence-corrected chi connectivity index (χ2v) is 5.67. The van der Waals surface area contributed by atoms with Crippen LogP contribution < -0.4 is 0 Å². The molecule has 0 amide bonds. The number of aliphatic imine (C=N–C) groups is 1. The number of halogens is 6. The maximum absolute atomic E-state index is 12.8. The van der Waals surface area contributed by atoms with Gasteiger partial charge in [-0.15, -0.1) is 0 Å². The Hall–Kier alpha value is -3.23. The van der Waals surface area contributed by atoms with Crippen molar-refractivity contribution in [1.29, 1.82) is 0 Å². The summed E-state index contributed by atoms with van der Waals surface area (Å²) in [6, 6.07) is 8.34. The highest BCUT2D eigenvalue weighted by atomic mass is 19.4. The van der Waals surface area contributed by atoms with Crippen LogP contribution in [-0.2, 0) is 12.4 Å². The zero-order valence-corrected chi connectivity index (χ0v) is 14.0. The van der Waals surface area contributed by atoms with Crippen LogP contribution in [0.15, 0.2) is 72.1 Å². The standard InChI is InChI=1S/C19H11F6N3/c20-18(21,22)14-5-1-12(2-6-14)17(28-16-11-26-9-10-27-16)13-3-7-15(8-4-13)19(23,24)25/h1-11H. The highest BCUT2D eigenvalue weighted by Gasteiger charge is 2.31. The molecule has 0 N–H and O–H groups in total. The molecule has 1 heterocycles. The van der Waals surface area contributed by atoms with Crippen molar-refractivity contribution in [1.82, 2.24) is 9.97 Å². The van der Waals surface area contributed by atoms with E-state index < -0.39 is 23.5 Å². The Morgan fingerprint density at radius 2 is 1.14 bits per heavy atom. The van der Waals surface area contributed by atoms with Crippen molar-refractivity contribution >= 4 is 11.5 Å². The third-order valence-electron chi connectivity index (χ3n) is 3.75. The summed E-state index contributed by atoms with van der Waals surface area (Å²) < 4.78 is 76.7. The highest BCUT2D eigenvalue weighted by molar-refractivity contribution is 6.13. The molecule has 0 radical (unpaired) electrons. The van der Waals surface area contributed by atoms with Crippen LogP contribution in [0.3, 0.4) is 0 Å². The largest absolute Gasteiger partial charge is 0.416 e. The van der Waals surface area contributed by atoms with Gasteiger partial charge in [0.05, 0.1) is 23.0 Å². The monoisotopic (exact) mass is 395 g/mol. The number of nitrogens with zero attached hydrogens (tertiary/aromatic N) is 3. The molecular weight excluding hydrogens is 384 g/mol. The minimum atomic E-state index is -4.50. The fraction of sp³-hybridized carbons (Fsp3) is 0.105. The van der Waals surface area contributed by atoms with E-state index in [0.29, 0.717) is 11.1 Å². The van der Waals surface area contributed by atoms with E-state index in [1.807, 2.05) is 0 Å². The first kappa shape index (κ1) is 19.5. The molecular formula is C19H11F6N3. The Kier molecular flexibility index (Phi) is 5.17. The summed E-state index contributed by atoms with van der Waals surface area (Å²) in [4.78, 5) is 12.1. The molecule has 0 saturated carbocycles. The molecule has 0 fully saturated rings. The van der Waals surface area contributed by atoms with Crippen molar-refractivity contribution in [2.24, 2.45) is 4.99 Å². The minimum Gasteiger partial charge on any atom is -0.259 e. The number of aromatic nitrogens is 2. The molecule has 0 aliphatic carbocycles. The molecule has 3 aromatic rings. The summed E-state index contributed by atoms with van der Waals surface area (Å²) in [6.07, 6.45) is -4.90. The van der Waals surface area contributed by atoms with E-state index in [2.05, 4.69) is 15.0 Å². The van der Waals surface area contributed by atoms with Gasteiger partial charge in [0.15, 0.2) is 5.82 Å². The van der Waals surface area contributed by atoms with E-state index >= 15 is 0 Å². The van der Waals surface area contributed by atoms with E-state index in [0.717, 1.165) is 24.3 Å². The van der Waals surface area contributed by atoms with Gasteiger partial charge in [0.1, 0.15) is 0 Å². The molecule has 0 atom stereocenters. The lowest BCUT2D eigenvalue weighted by Gasteiger charge is -2.12. The van der Waals surface area contributed by atoms with E-state index in [1.165, 1.54) is 42.9 Å². The summed E-state index contributed by atoms with van der Waals surface area (Å²) in [6.45, 7) is 0. The number of hydrogen-bond donors (Lipinski definition) is 0. The van der Waals surface area contributed by atoms with Crippen LogP contribution in [0.2, 0.25) is 0 Å². The molecule has 0 unspecified atom stereocenters. The Morgan fingerprint density at radius 3 is 1.50 bits per heavy atom. The number of benzene rings is 2.